The molecule has 0 saturated carbocycles. The Bertz CT molecular complexity index is 1820. The van der Waals surface area contributed by atoms with E-state index in [0.717, 1.165) is 115 Å². The molecule has 3 unspecified atom stereocenters. The van der Waals surface area contributed by atoms with Crippen molar-refractivity contribution in [1.82, 2.24) is 0 Å². The molecule has 546 valence electrons. The van der Waals surface area contributed by atoms with Gasteiger partial charge in [-0.05, 0) is 49.4 Å². The summed E-state index contributed by atoms with van der Waals surface area (Å²) in [5, 5.41) is 10.6. The van der Waals surface area contributed by atoms with Crippen molar-refractivity contribution in [2.75, 3.05) is 39.6 Å². The number of phosphoric ester groups is 2. The van der Waals surface area contributed by atoms with Crippen LogP contribution in [0, 0.1) is 23.7 Å². The first-order valence-electron chi connectivity index (χ1n) is 37.7. The number of ether oxygens (including phenoxy) is 4. The number of esters is 4. The Morgan fingerprint density at radius 3 is 0.674 bits per heavy atom. The average molecular weight is 1350 g/mol. The van der Waals surface area contributed by atoms with Crippen molar-refractivity contribution in [1.29, 1.82) is 0 Å². The molecule has 0 aliphatic rings. The van der Waals surface area contributed by atoms with Gasteiger partial charge in [0.2, 0.25) is 0 Å². The van der Waals surface area contributed by atoms with E-state index in [1.54, 1.807) is 0 Å². The van der Waals surface area contributed by atoms with Crippen molar-refractivity contribution in [3.05, 3.63) is 0 Å². The Morgan fingerprint density at radius 2 is 0.457 bits per heavy atom. The molecule has 0 fully saturated rings. The zero-order chi connectivity index (χ0) is 68.2. The fraction of sp³-hybridized carbons (Fsp3) is 0.945. The summed E-state index contributed by atoms with van der Waals surface area (Å²) in [6.07, 6.45) is 46.1. The van der Waals surface area contributed by atoms with Crippen LogP contribution in [0.1, 0.15) is 364 Å². The number of hydrogen-bond donors (Lipinski definition) is 3. The van der Waals surface area contributed by atoms with Crippen LogP contribution in [0.5, 0.6) is 0 Å². The lowest BCUT2D eigenvalue weighted by atomic mass is 10.0. The summed E-state index contributed by atoms with van der Waals surface area (Å²) in [5.41, 5.74) is 0. The fourth-order valence-corrected chi connectivity index (χ4v) is 12.6. The predicted molar refractivity (Wildman–Crippen MR) is 372 cm³/mol. The molecule has 17 nitrogen and oxygen atoms in total. The van der Waals surface area contributed by atoms with Gasteiger partial charge in [0.25, 0.3) is 0 Å². The van der Waals surface area contributed by atoms with Gasteiger partial charge in [-0.2, -0.15) is 0 Å². The smallest absolute Gasteiger partial charge is 0.462 e. The molecule has 0 aliphatic heterocycles. The van der Waals surface area contributed by atoms with E-state index in [0.29, 0.717) is 37.5 Å². The van der Waals surface area contributed by atoms with E-state index >= 15 is 0 Å². The third kappa shape index (κ3) is 66.7. The largest absolute Gasteiger partial charge is 0.472 e. The summed E-state index contributed by atoms with van der Waals surface area (Å²) in [5.74, 6) is 0.836. The molecule has 0 aromatic heterocycles. The second-order valence-corrected chi connectivity index (χ2v) is 31.1. The molecule has 0 radical (unpaired) electrons. The molecule has 0 rings (SSSR count). The highest BCUT2D eigenvalue weighted by Gasteiger charge is 2.30. The molecule has 0 saturated heterocycles. The van der Waals surface area contributed by atoms with Crippen LogP contribution in [0.25, 0.3) is 0 Å². The van der Waals surface area contributed by atoms with Gasteiger partial charge < -0.3 is 33.8 Å². The van der Waals surface area contributed by atoms with Crippen LogP contribution in [-0.2, 0) is 65.4 Å². The molecule has 0 amide bonds. The first-order chi connectivity index (χ1) is 44.1. The van der Waals surface area contributed by atoms with Crippen molar-refractivity contribution in [2.24, 2.45) is 23.7 Å². The molecule has 0 heterocycles. The summed E-state index contributed by atoms with van der Waals surface area (Å²) in [6, 6.07) is 0. The van der Waals surface area contributed by atoms with Crippen molar-refractivity contribution >= 4 is 39.5 Å². The number of rotatable bonds is 70. The third-order valence-electron chi connectivity index (χ3n) is 16.8. The molecule has 0 aromatic rings. The quantitative estimate of drug-likeness (QED) is 0.0222. The summed E-state index contributed by atoms with van der Waals surface area (Å²) in [4.78, 5) is 72.6. The standard InChI is InChI=1S/C73H142O17P2/c1-63(2)49-41-33-25-20-16-12-10-9-11-13-18-22-28-39-47-55-72(77)89-68(59-83-70(75)53-45-37-30-24-27-35-43-51-65(5)6)61-87-91(79,80)85-57-67(74)58-86-92(81,82)88-62-69(60-84-71(76)54-46-38-32-31-36-44-52-66(7)8)90-73(78)56-48-40-29-23-19-15-14-17-21-26-34-42-50-64(3)4/h63-69,74H,9-62H2,1-8H3,(H,79,80)(H,81,82)/t67?,68-,69-/m1/s1. The molecule has 0 aliphatic carbocycles. The first kappa shape index (κ1) is 90.1. The number of aliphatic hydroxyl groups excluding tert-OH is 1. The van der Waals surface area contributed by atoms with Crippen LogP contribution in [0.2, 0.25) is 0 Å². The minimum absolute atomic E-state index is 0.105. The van der Waals surface area contributed by atoms with Gasteiger partial charge in [-0.25, -0.2) is 9.13 Å². The zero-order valence-corrected chi connectivity index (χ0v) is 62.0. The second-order valence-electron chi connectivity index (χ2n) is 28.2. The minimum Gasteiger partial charge on any atom is -0.462 e. The van der Waals surface area contributed by atoms with Gasteiger partial charge in [-0.15, -0.1) is 0 Å². The van der Waals surface area contributed by atoms with E-state index in [4.69, 9.17) is 37.0 Å². The van der Waals surface area contributed by atoms with E-state index in [2.05, 4.69) is 55.4 Å². The van der Waals surface area contributed by atoms with Crippen LogP contribution in [0.15, 0.2) is 0 Å². The van der Waals surface area contributed by atoms with Crippen LogP contribution >= 0.6 is 15.6 Å². The summed E-state index contributed by atoms with van der Waals surface area (Å²) in [6.45, 7) is 14.1. The maximum Gasteiger partial charge on any atom is 0.472 e. The highest BCUT2D eigenvalue weighted by molar-refractivity contribution is 7.47. The van der Waals surface area contributed by atoms with E-state index in [1.807, 2.05) is 0 Å². The van der Waals surface area contributed by atoms with Crippen LogP contribution in [0.4, 0.5) is 0 Å². The van der Waals surface area contributed by atoms with E-state index in [1.165, 1.54) is 154 Å². The maximum absolute atomic E-state index is 13.0. The number of unbranched alkanes of at least 4 members (excludes halogenated alkanes) is 36. The molecule has 92 heavy (non-hydrogen) atoms. The highest BCUT2D eigenvalue weighted by Crippen LogP contribution is 2.45. The lowest BCUT2D eigenvalue weighted by molar-refractivity contribution is -0.161. The van der Waals surface area contributed by atoms with Crippen molar-refractivity contribution in [3.63, 3.8) is 0 Å². The molecular formula is C73H142O17P2. The van der Waals surface area contributed by atoms with Crippen molar-refractivity contribution < 1.29 is 80.2 Å². The number of phosphoric acid groups is 2. The molecule has 0 aromatic carbocycles. The van der Waals surface area contributed by atoms with Gasteiger partial charge >= 0.3 is 39.5 Å². The van der Waals surface area contributed by atoms with Gasteiger partial charge in [0.15, 0.2) is 12.2 Å². The Hall–Kier alpha value is -1.94. The summed E-state index contributed by atoms with van der Waals surface area (Å²) < 4.78 is 68.3. The van der Waals surface area contributed by atoms with Gasteiger partial charge in [-0.1, -0.05) is 312 Å². The van der Waals surface area contributed by atoms with E-state index < -0.39 is 97.5 Å². The third-order valence-corrected chi connectivity index (χ3v) is 18.7. The molecule has 3 N–H and O–H groups in total. The number of carbonyl (C=O) groups excluding carboxylic acids is 4. The maximum atomic E-state index is 13.0. The minimum atomic E-state index is -4.95. The lowest BCUT2D eigenvalue weighted by Gasteiger charge is -2.21. The molecule has 0 spiro atoms. The number of hydrogen-bond acceptors (Lipinski definition) is 15. The van der Waals surface area contributed by atoms with E-state index in [9.17, 15) is 43.2 Å². The topological polar surface area (TPSA) is 237 Å². The SMILES string of the molecule is CC(C)CCCCCCCCCCCCCCCCCC(=O)O[C@H](COC(=O)CCCCCCCCCC(C)C)COP(=O)(O)OCC(O)COP(=O)(O)OC[C@@H](COC(=O)CCCCCCCCC(C)C)OC(=O)CCCCCCCCCCCCCCC(C)C. The van der Waals surface area contributed by atoms with Crippen molar-refractivity contribution in [3.8, 4) is 0 Å². The average Bonchev–Trinajstić information content (AvgIpc) is 1.41. The summed E-state index contributed by atoms with van der Waals surface area (Å²) in [7, 11) is -9.91. The predicted octanol–water partition coefficient (Wildman–Crippen LogP) is 20.9. The van der Waals surface area contributed by atoms with Crippen LogP contribution < -0.4 is 0 Å². The number of aliphatic hydroxyl groups is 1. The first-order valence-corrected chi connectivity index (χ1v) is 40.7. The zero-order valence-electron chi connectivity index (χ0n) is 60.2. The van der Waals surface area contributed by atoms with Gasteiger partial charge in [0.1, 0.15) is 19.3 Å². The van der Waals surface area contributed by atoms with Gasteiger partial charge in [0, 0.05) is 25.7 Å². The Kier molecular flexibility index (Phi) is 61.3. The van der Waals surface area contributed by atoms with Gasteiger partial charge in [0.05, 0.1) is 26.4 Å². The second kappa shape index (κ2) is 62.6. The lowest BCUT2D eigenvalue weighted by Crippen LogP contribution is -2.30. The van der Waals surface area contributed by atoms with Crippen LogP contribution in [-0.4, -0.2) is 96.7 Å². The van der Waals surface area contributed by atoms with E-state index in [-0.39, 0.29) is 25.7 Å². The Labute approximate surface area is 562 Å². The van der Waals surface area contributed by atoms with Crippen molar-refractivity contribution in [2.45, 2.75) is 382 Å². The fourth-order valence-electron chi connectivity index (χ4n) is 11.0. The Balaban J connectivity index is 5.20. The molecular weight excluding hydrogens is 1210 g/mol. The summed E-state index contributed by atoms with van der Waals surface area (Å²) >= 11 is 0. The number of carbonyl (C=O) groups is 4. The normalized spacial score (nSPS) is 14.2. The Morgan fingerprint density at radius 1 is 0.272 bits per heavy atom. The van der Waals surface area contributed by atoms with Gasteiger partial charge in [-0.3, -0.25) is 37.3 Å². The molecule has 19 heteroatoms. The molecule has 5 atom stereocenters. The van der Waals surface area contributed by atoms with Crippen LogP contribution in [0.3, 0.4) is 0 Å². The monoisotopic (exact) mass is 1350 g/mol. The molecule has 0 bridgehead atoms. The highest BCUT2D eigenvalue weighted by atomic mass is 31.2.